The Labute approximate surface area is 110 Å². The van der Waals surface area contributed by atoms with Crippen LogP contribution in [-0.4, -0.2) is 6.54 Å². The quantitative estimate of drug-likeness (QED) is 0.915. The van der Waals surface area contributed by atoms with Crippen molar-refractivity contribution in [2.24, 2.45) is 5.73 Å². The molecule has 4 heteroatoms. The Bertz CT molecular complexity index is 498. The third kappa shape index (κ3) is 3.22. The maximum atomic E-state index is 5.91. The SMILES string of the molecule is Cc1cccc(OC(CN)c2ccc(Cl)s2)c1. The van der Waals surface area contributed by atoms with Crippen LogP contribution in [0.1, 0.15) is 16.5 Å². The van der Waals surface area contributed by atoms with Gasteiger partial charge in [-0.25, -0.2) is 0 Å². The van der Waals surface area contributed by atoms with E-state index in [2.05, 4.69) is 0 Å². The normalized spacial score (nSPS) is 12.4. The lowest BCUT2D eigenvalue weighted by Gasteiger charge is -2.16. The van der Waals surface area contributed by atoms with Crippen molar-refractivity contribution in [1.29, 1.82) is 0 Å². The second-order valence-electron chi connectivity index (χ2n) is 3.80. The van der Waals surface area contributed by atoms with Gasteiger partial charge in [-0.2, -0.15) is 0 Å². The molecule has 0 radical (unpaired) electrons. The van der Waals surface area contributed by atoms with Crippen LogP contribution in [0.2, 0.25) is 4.34 Å². The van der Waals surface area contributed by atoms with E-state index in [1.165, 1.54) is 16.9 Å². The number of rotatable bonds is 4. The first-order valence-corrected chi connectivity index (χ1v) is 6.57. The zero-order valence-electron chi connectivity index (χ0n) is 9.52. The minimum Gasteiger partial charge on any atom is -0.484 e. The van der Waals surface area contributed by atoms with Gasteiger partial charge in [0.05, 0.1) is 4.34 Å². The number of benzene rings is 1. The minimum atomic E-state index is -0.130. The van der Waals surface area contributed by atoms with Crippen molar-refractivity contribution in [3.63, 3.8) is 0 Å². The van der Waals surface area contributed by atoms with Gasteiger partial charge in [0.15, 0.2) is 0 Å². The van der Waals surface area contributed by atoms with Crippen LogP contribution >= 0.6 is 22.9 Å². The number of hydrogen-bond acceptors (Lipinski definition) is 3. The standard InChI is InChI=1S/C13H14ClNOS/c1-9-3-2-4-10(7-9)16-11(8-15)12-5-6-13(14)17-12/h2-7,11H,8,15H2,1H3. The van der Waals surface area contributed by atoms with Crippen molar-refractivity contribution in [2.75, 3.05) is 6.54 Å². The lowest BCUT2D eigenvalue weighted by atomic mass is 10.2. The van der Waals surface area contributed by atoms with Gasteiger partial charge in [0.2, 0.25) is 0 Å². The summed E-state index contributed by atoms with van der Waals surface area (Å²) in [5.74, 6) is 0.838. The van der Waals surface area contributed by atoms with Gasteiger partial charge in [-0.05, 0) is 36.8 Å². The molecule has 90 valence electrons. The summed E-state index contributed by atoms with van der Waals surface area (Å²) in [6.07, 6.45) is -0.130. The minimum absolute atomic E-state index is 0.130. The summed E-state index contributed by atoms with van der Waals surface area (Å²) in [6, 6.07) is 11.8. The number of nitrogens with two attached hydrogens (primary N) is 1. The Morgan fingerprint density at radius 1 is 1.35 bits per heavy atom. The molecule has 0 amide bonds. The zero-order valence-corrected chi connectivity index (χ0v) is 11.1. The van der Waals surface area contributed by atoms with Crippen molar-refractivity contribution < 1.29 is 4.74 Å². The first-order valence-electron chi connectivity index (χ1n) is 5.37. The van der Waals surface area contributed by atoms with E-state index in [-0.39, 0.29) is 6.10 Å². The topological polar surface area (TPSA) is 35.2 Å². The number of halogens is 1. The molecule has 1 heterocycles. The highest BCUT2D eigenvalue weighted by molar-refractivity contribution is 7.16. The van der Waals surface area contributed by atoms with Crippen LogP contribution in [0.4, 0.5) is 0 Å². The van der Waals surface area contributed by atoms with E-state index in [0.29, 0.717) is 6.54 Å². The Kier molecular flexibility index (Phi) is 4.05. The summed E-state index contributed by atoms with van der Waals surface area (Å²) in [5.41, 5.74) is 6.91. The summed E-state index contributed by atoms with van der Waals surface area (Å²) in [4.78, 5) is 1.05. The van der Waals surface area contributed by atoms with Gasteiger partial charge in [0.1, 0.15) is 11.9 Å². The van der Waals surface area contributed by atoms with Gasteiger partial charge >= 0.3 is 0 Å². The molecule has 1 unspecified atom stereocenters. The Morgan fingerprint density at radius 2 is 2.18 bits per heavy atom. The van der Waals surface area contributed by atoms with Crippen LogP contribution in [0.5, 0.6) is 5.75 Å². The van der Waals surface area contributed by atoms with Crippen molar-refractivity contribution >= 4 is 22.9 Å². The van der Waals surface area contributed by atoms with Crippen molar-refractivity contribution in [3.8, 4) is 5.75 Å². The van der Waals surface area contributed by atoms with Gasteiger partial charge in [-0.3, -0.25) is 0 Å². The Hall–Kier alpha value is -1.03. The van der Waals surface area contributed by atoms with E-state index in [4.69, 9.17) is 22.1 Å². The monoisotopic (exact) mass is 267 g/mol. The fraction of sp³-hybridized carbons (Fsp3) is 0.231. The molecule has 1 atom stereocenters. The second-order valence-corrected chi connectivity index (χ2v) is 5.55. The van der Waals surface area contributed by atoms with Crippen molar-refractivity contribution in [3.05, 3.63) is 51.2 Å². The fourth-order valence-electron chi connectivity index (χ4n) is 1.58. The van der Waals surface area contributed by atoms with E-state index in [1.807, 2.05) is 43.3 Å². The summed E-state index contributed by atoms with van der Waals surface area (Å²) < 4.78 is 6.63. The van der Waals surface area contributed by atoms with Crippen molar-refractivity contribution in [2.45, 2.75) is 13.0 Å². The average Bonchev–Trinajstić information content (AvgIpc) is 2.73. The molecule has 2 rings (SSSR count). The molecular weight excluding hydrogens is 254 g/mol. The third-order valence-electron chi connectivity index (χ3n) is 2.39. The number of thiophene rings is 1. The second kappa shape index (κ2) is 5.54. The highest BCUT2D eigenvalue weighted by Crippen LogP contribution is 2.29. The molecule has 0 spiro atoms. The molecule has 0 aliphatic rings. The molecule has 2 N–H and O–H groups in total. The van der Waals surface area contributed by atoms with Crippen LogP contribution in [-0.2, 0) is 0 Å². The van der Waals surface area contributed by atoms with Crippen LogP contribution in [0.15, 0.2) is 36.4 Å². The first-order chi connectivity index (χ1) is 8.19. The van der Waals surface area contributed by atoms with Crippen molar-refractivity contribution in [1.82, 2.24) is 0 Å². The molecule has 0 fully saturated rings. The molecule has 0 saturated heterocycles. The Balaban J connectivity index is 2.15. The van der Waals surface area contributed by atoms with E-state index in [9.17, 15) is 0 Å². The van der Waals surface area contributed by atoms with E-state index in [1.54, 1.807) is 0 Å². The van der Waals surface area contributed by atoms with Crippen LogP contribution in [0.3, 0.4) is 0 Å². The maximum Gasteiger partial charge on any atom is 0.145 e. The molecule has 2 aromatic rings. The fourth-order valence-corrected chi connectivity index (χ4v) is 2.68. The first kappa shape index (κ1) is 12.4. The maximum absolute atomic E-state index is 5.91. The molecular formula is C13H14ClNOS. The van der Waals surface area contributed by atoms with Gasteiger partial charge in [-0.15, -0.1) is 11.3 Å². The van der Waals surface area contributed by atoms with E-state index < -0.39 is 0 Å². The van der Waals surface area contributed by atoms with Crippen LogP contribution in [0.25, 0.3) is 0 Å². The predicted octanol–water partition coefficient (Wildman–Crippen LogP) is 3.79. The summed E-state index contributed by atoms with van der Waals surface area (Å²) >= 11 is 7.42. The van der Waals surface area contributed by atoms with Gasteiger partial charge in [-0.1, -0.05) is 23.7 Å². The molecule has 0 saturated carbocycles. The smallest absolute Gasteiger partial charge is 0.145 e. The molecule has 1 aromatic heterocycles. The summed E-state index contributed by atoms with van der Waals surface area (Å²) in [6.45, 7) is 2.47. The highest BCUT2D eigenvalue weighted by Gasteiger charge is 2.13. The predicted molar refractivity (Wildman–Crippen MR) is 72.9 cm³/mol. The number of hydrogen-bond donors (Lipinski definition) is 1. The molecule has 0 aliphatic carbocycles. The lowest BCUT2D eigenvalue weighted by Crippen LogP contribution is -2.17. The molecule has 2 nitrogen and oxygen atoms in total. The number of aryl methyl sites for hydroxylation is 1. The molecule has 0 aliphatic heterocycles. The highest BCUT2D eigenvalue weighted by atomic mass is 35.5. The van der Waals surface area contributed by atoms with E-state index in [0.717, 1.165) is 15.0 Å². The average molecular weight is 268 g/mol. The van der Waals surface area contributed by atoms with Gasteiger partial charge < -0.3 is 10.5 Å². The molecule has 17 heavy (non-hydrogen) atoms. The zero-order chi connectivity index (χ0) is 12.3. The van der Waals surface area contributed by atoms with Crippen LogP contribution < -0.4 is 10.5 Å². The molecule has 1 aromatic carbocycles. The Morgan fingerprint density at radius 3 is 2.76 bits per heavy atom. The lowest BCUT2D eigenvalue weighted by molar-refractivity contribution is 0.218. The third-order valence-corrected chi connectivity index (χ3v) is 3.72. The number of ether oxygens (including phenoxy) is 1. The largest absolute Gasteiger partial charge is 0.484 e. The van der Waals surface area contributed by atoms with Crippen LogP contribution in [0, 0.1) is 6.92 Å². The summed E-state index contributed by atoms with van der Waals surface area (Å²) in [7, 11) is 0. The molecule has 0 bridgehead atoms. The van der Waals surface area contributed by atoms with Gasteiger partial charge in [0.25, 0.3) is 0 Å². The van der Waals surface area contributed by atoms with Gasteiger partial charge in [0, 0.05) is 11.4 Å². The summed E-state index contributed by atoms with van der Waals surface area (Å²) in [5, 5.41) is 0. The van der Waals surface area contributed by atoms with E-state index >= 15 is 0 Å².